The van der Waals surface area contributed by atoms with Crippen LogP contribution in [0.5, 0.6) is 0 Å². The average molecular weight is 585 g/mol. The van der Waals surface area contributed by atoms with Gasteiger partial charge in [0.05, 0.1) is 29.6 Å². The van der Waals surface area contributed by atoms with E-state index in [1.165, 1.54) is 32.9 Å². The maximum atomic E-state index is 14.8. The summed E-state index contributed by atoms with van der Waals surface area (Å²) in [5.74, 6) is -5.11. The van der Waals surface area contributed by atoms with Crippen LogP contribution in [0.25, 0.3) is 0 Å². The molecule has 0 radical (unpaired) electrons. The SMILES string of the molecule is CC(=O)O[C@H]1C(=O)[C@@]2(C)[C@H]([C@H](OC(=O)c3ccccc3)[C@]3(O)CC(=O)C(C)=C1C3(C)C)[C@]1(OC(C)=O)CO[C@@H]1C[C@@H]2O. The second-order valence-corrected chi connectivity index (χ2v) is 12.6. The Labute approximate surface area is 243 Å². The molecule has 1 heterocycles. The van der Waals surface area contributed by atoms with Crippen LogP contribution in [0.4, 0.5) is 0 Å². The summed E-state index contributed by atoms with van der Waals surface area (Å²) in [7, 11) is 0. The molecule has 2 saturated carbocycles. The number of rotatable bonds is 4. The molecule has 5 rings (SSSR count). The quantitative estimate of drug-likeness (QED) is 0.392. The smallest absolute Gasteiger partial charge is 0.338 e. The van der Waals surface area contributed by atoms with Gasteiger partial charge in [0, 0.05) is 32.1 Å². The average Bonchev–Trinajstić information content (AvgIpc) is 2.90. The van der Waals surface area contributed by atoms with Crippen LogP contribution in [0.3, 0.4) is 0 Å². The van der Waals surface area contributed by atoms with E-state index in [9.17, 15) is 34.2 Å². The molecule has 1 saturated heterocycles. The third-order valence-electron chi connectivity index (χ3n) is 10.0. The van der Waals surface area contributed by atoms with E-state index in [1.807, 2.05) is 0 Å². The molecule has 2 bridgehead atoms. The van der Waals surface area contributed by atoms with Gasteiger partial charge in [-0.1, -0.05) is 32.0 Å². The van der Waals surface area contributed by atoms with Gasteiger partial charge in [0.15, 0.2) is 23.3 Å². The lowest BCUT2D eigenvalue weighted by Crippen LogP contribution is -2.81. The summed E-state index contributed by atoms with van der Waals surface area (Å²) in [4.78, 5) is 66.9. The van der Waals surface area contributed by atoms with Gasteiger partial charge in [0.1, 0.15) is 17.8 Å². The van der Waals surface area contributed by atoms with E-state index in [0.717, 1.165) is 6.92 Å². The van der Waals surface area contributed by atoms with Crippen LogP contribution < -0.4 is 0 Å². The molecule has 0 aromatic heterocycles. The van der Waals surface area contributed by atoms with Gasteiger partial charge in [-0.15, -0.1) is 0 Å². The summed E-state index contributed by atoms with van der Waals surface area (Å²) in [5, 5.41) is 24.4. The number of hydrogen-bond acceptors (Lipinski definition) is 11. The molecule has 1 aliphatic heterocycles. The van der Waals surface area contributed by atoms with E-state index in [1.54, 1.807) is 32.0 Å². The lowest BCUT2D eigenvalue weighted by atomic mass is 9.44. The molecule has 11 nitrogen and oxygen atoms in total. The highest BCUT2D eigenvalue weighted by Gasteiger charge is 2.78. The van der Waals surface area contributed by atoms with Gasteiger partial charge < -0.3 is 29.2 Å². The second-order valence-electron chi connectivity index (χ2n) is 12.6. The first-order valence-electron chi connectivity index (χ1n) is 14.0. The van der Waals surface area contributed by atoms with Crippen molar-refractivity contribution >= 4 is 29.5 Å². The maximum absolute atomic E-state index is 14.8. The van der Waals surface area contributed by atoms with Crippen molar-refractivity contribution in [3.63, 3.8) is 0 Å². The molecule has 1 aromatic rings. The molecule has 11 heteroatoms. The van der Waals surface area contributed by atoms with E-state index < -0.39 is 88.3 Å². The molecule has 3 aliphatic carbocycles. The van der Waals surface area contributed by atoms with Crippen LogP contribution in [-0.4, -0.2) is 81.9 Å². The van der Waals surface area contributed by atoms with Crippen molar-refractivity contribution in [1.29, 1.82) is 0 Å². The highest BCUT2D eigenvalue weighted by Crippen LogP contribution is 2.63. The lowest BCUT2D eigenvalue weighted by molar-refractivity contribution is -0.344. The molecule has 2 N–H and O–H groups in total. The van der Waals surface area contributed by atoms with Crippen LogP contribution in [0.15, 0.2) is 41.5 Å². The number of aliphatic hydroxyl groups is 2. The summed E-state index contributed by atoms with van der Waals surface area (Å²) in [6.07, 6.45) is -6.34. The third kappa shape index (κ3) is 4.00. The zero-order chi connectivity index (χ0) is 31.0. The normalized spacial score (nSPS) is 38.6. The molecule has 8 atom stereocenters. The number of aliphatic hydroxyl groups excluding tert-OH is 1. The molecular weight excluding hydrogens is 548 g/mol. The first kappa shape index (κ1) is 30.1. The van der Waals surface area contributed by atoms with Gasteiger partial charge in [-0.25, -0.2) is 4.79 Å². The molecule has 3 fully saturated rings. The number of benzene rings is 1. The Kier molecular flexibility index (Phi) is 7.03. The van der Waals surface area contributed by atoms with Crippen molar-refractivity contribution in [3.8, 4) is 0 Å². The molecule has 0 amide bonds. The number of allylic oxidation sites excluding steroid dienone is 1. The number of esters is 3. The third-order valence-corrected chi connectivity index (χ3v) is 10.0. The van der Waals surface area contributed by atoms with Gasteiger partial charge in [-0.05, 0) is 37.1 Å². The maximum Gasteiger partial charge on any atom is 0.338 e. The van der Waals surface area contributed by atoms with Crippen LogP contribution in [0.2, 0.25) is 0 Å². The van der Waals surface area contributed by atoms with Gasteiger partial charge in [0.2, 0.25) is 0 Å². The molecule has 0 spiro atoms. The van der Waals surface area contributed by atoms with Gasteiger partial charge >= 0.3 is 17.9 Å². The zero-order valence-electron chi connectivity index (χ0n) is 24.5. The molecule has 226 valence electrons. The van der Waals surface area contributed by atoms with Crippen molar-refractivity contribution in [1.82, 2.24) is 0 Å². The minimum atomic E-state index is -2.21. The van der Waals surface area contributed by atoms with Crippen LogP contribution >= 0.6 is 0 Å². The predicted molar refractivity (Wildman–Crippen MR) is 144 cm³/mol. The fraction of sp³-hybridized carbons (Fsp3) is 0.581. The first-order chi connectivity index (χ1) is 19.5. The number of Topliss-reactive ketones (excluding diaryl/α,β-unsaturated/α-hetero) is 2. The van der Waals surface area contributed by atoms with E-state index in [2.05, 4.69) is 0 Å². The second kappa shape index (κ2) is 9.82. The van der Waals surface area contributed by atoms with E-state index in [0.29, 0.717) is 0 Å². The standard InChI is InChI=1S/C31H36O11/c1-15-19(34)13-31(38)26(41-27(37)18-10-8-7-9-11-18)24-29(6,20(35)12-21-30(24,14-39-21)42-17(3)33)25(36)23(40-16(2)32)22(15)28(31,4)5/h7-11,20-21,23-24,26,35,38H,12-14H2,1-6H3/t20-,21+,23+,24-,26-,29+,30-,31+/m0/s1. The summed E-state index contributed by atoms with van der Waals surface area (Å²) >= 11 is 0. The Morgan fingerprint density at radius 3 is 2.19 bits per heavy atom. The predicted octanol–water partition coefficient (Wildman–Crippen LogP) is 1.86. The fourth-order valence-electron chi connectivity index (χ4n) is 7.72. The van der Waals surface area contributed by atoms with Gasteiger partial charge in [-0.2, -0.15) is 0 Å². The van der Waals surface area contributed by atoms with E-state index in [4.69, 9.17) is 18.9 Å². The highest BCUT2D eigenvalue weighted by atomic mass is 16.6. The zero-order valence-corrected chi connectivity index (χ0v) is 24.5. The Morgan fingerprint density at radius 1 is 1.00 bits per heavy atom. The monoisotopic (exact) mass is 584 g/mol. The number of carbonyl (C=O) groups excluding carboxylic acids is 5. The summed E-state index contributed by atoms with van der Waals surface area (Å²) in [6, 6.07) is 7.97. The van der Waals surface area contributed by atoms with E-state index >= 15 is 0 Å². The molecule has 0 unspecified atom stereocenters. The number of carbonyl (C=O) groups is 5. The minimum Gasteiger partial charge on any atom is -0.455 e. The lowest BCUT2D eigenvalue weighted by Gasteiger charge is -2.67. The Bertz CT molecular complexity index is 1400. The van der Waals surface area contributed by atoms with Crippen molar-refractivity contribution in [2.45, 2.75) is 90.0 Å². The van der Waals surface area contributed by atoms with Crippen molar-refractivity contribution in [2.75, 3.05) is 6.61 Å². The largest absolute Gasteiger partial charge is 0.455 e. The Balaban J connectivity index is 1.85. The first-order valence-corrected chi connectivity index (χ1v) is 14.0. The molecule has 4 aliphatic rings. The van der Waals surface area contributed by atoms with Gasteiger partial charge in [-0.3, -0.25) is 19.2 Å². The van der Waals surface area contributed by atoms with Crippen molar-refractivity contribution in [3.05, 3.63) is 47.0 Å². The summed E-state index contributed by atoms with van der Waals surface area (Å²) in [5.41, 5.74) is -6.91. The minimum absolute atomic E-state index is 0.0580. The number of hydrogen-bond donors (Lipinski definition) is 2. The summed E-state index contributed by atoms with van der Waals surface area (Å²) < 4.78 is 23.4. The van der Waals surface area contributed by atoms with Crippen LogP contribution in [0, 0.1) is 16.7 Å². The number of ether oxygens (including phenoxy) is 4. The highest BCUT2D eigenvalue weighted by molar-refractivity contribution is 6.03. The Morgan fingerprint density at radius 2 is 1.64 bits per heavy atom. The van der Waals surface area contributed by atoms with Crippen molar-refractivity contribution in [2.24, 2.45) is 16.7 Å². The fourth-order valence-corrected chi connectivity index (χ4v) is 7.72. The molecule has 1 aromatic carbocycles. The number of ketones is 2. The van der Waals surface area contributed by atoms with Crippen molar-refractivity contribution < 1.29 is 53.1 Å². The summed E-state index contributed by atoms with van der Waals surface area (Å²) in [6.45, 7) is 8.16. The van der Waals surface area contributed by atoms with E-state index in [-0.39, 0.29) is 29.7 Å². The van der Waals surface area contributed by atoms with Gasteiger partial charge in [0.25, 0.3) is 0 Å². The topological polar surface area (TPSA) is 163 Å². The van der Waals surface area contributed by atoms with Crippen LogP contribution in [0.1, 0.15) is 64.7 Å². The number of fused-ring (bicyclic) bond motifs is 5. The van der Waals surface area contributed by atoms with Crippen LogP contribution in [-0.2, 0) is 38.1 Å². The molecular formula is C31H36O11. The Hall–Kier alpha value is -3.41. The molecule has 42 heavy (non-hydrogen) atoms.